The second-order valence-electron chi connectivity index (χ2n) is 8.41. The van der Waals surface area contributed by atoms with Crippen LogP contribution in [0.1, 0.15) is 40.9 Å². The molecule has 2 heterocycles. The monoisotopic (exact) mass is 394 g/mol. The molecule has 1 saturated heterocycles. The van der Waals surface area contributed by atoms with E-state index in [0.717, 1.165) is 37.9 Å². The molecule has 1 saturated carbocycles. The van der Waals surface area contributed by atoms with Crippen molar-refractivity contribution in [2.75, 3.05) is 38.5 Å². The van der Waals surface area contributed by atoms with Crippen molar-refractivity contribution in [1.82, 2.24) is 14.4 Å². The number of anilines is 1. The Bertz CT molecular complexity index is 892. The molecule has 1 aliphatic carbocycles. The summed E-state index contributed by atoms with van der Waals surface area (Å²) >= 11 is 0. The topological polar surface area (TPSA) is 57.6 Å². The number of carbonyl (C=O) groups is 2. The lowest BCUT2D eigenvalue weighted by molar-refractivity contribution is -0.122. The molecule has 1 aromatic carbocycles. The van der Waals surface area contributed by atoms with Crippen LogP contribution in [0.4, 0.5) is 5.69 Å². The first kappa shape index (κ1) is 19.7. The molecule has 1 N–H and O–H groups in total. The number of likely N-dealkylation sites (N-methyl/N-ethyl adjacent to an activating group) is 1. The van der Waals surface area contributed by atoms with Gasteiger partial charge in [0.2, 0.25) is 5.91 Å². The molecule has 1 aliphatic heterocycles. The maximum absolute atomic E-state index is 13.4. The molecule has 2 fully saturated rings. The number of nitrogens with zero attached hydrogens (tertiary/aromatic N) is 3. The molecule has 2 aliphatic rings. The SMILES string of the molecule is Cc1cccc(Cn2ccc(NC(=O)C3CCC3)c2C(=O)N2CCN(C)CC2)c1. The molecule has 29 heavy (non-hydrogen) atoms. The summed E-state index contributed by atoms with van der Waals surface area (Å²) in [6.45, 7) is 5.83. The summed E-state index contributed by atoms with van der Waals surface area (Å²) in [6.07, 6.45) is 4.91. The maximum atomic E-state index is 13.4. The van der Waals surface area contributed by atoms with Crippen LogP contribution in [0.2, 0.25) is 0 Å². The van der Waals surface area contributed by atoms with Gasteiger partial charge in [-0.15, -0.1) is 0 Å². The average molecular weight is 395 g/mol. The van der Waals surface area contributed by atoms with Crippen molar-refractivity contribution in [1.29, 1.82) is 0 Å². The molecule has 154 valence electrons. The van der Waals surface area contributed by atoms with E-state index in [-0.39, 0.29) is 17.7 Å². The molecule has 0 unspecified atom stereocenters. The summed E-state index contributed by atoms with van der Waals surface area (Å²) in [5.41, 5.74) is 3.56. The molecule has 2 amide bonds. The molecule has 0 bridgehead atoms. The number of carbonyl (C=O) groups excluding carboxylic acids is 2. The van der Waals surface area contributed by atoms with Gasteiger partial charge in [0.15, 0.2) is 0 Å². The zero-order valence-corrected chi connectivity index (χ0v) is 17.4. The molecule has 2 aromatic rings. The Morgan fingerprint density at radius 1 is 1.10 bits per heavy atom. The number of benzene rings is 1. The number of aryl methyl sites for hydroxylation is 1. The van der Waals surface area contributed by atoms with Gasteiger partial charge in [-0.05, 0) is 38.4 Å². The van der Waals surface area contributed by atoms with Crippen LogP contribution in [-0.4, -0.2) is 59.4 Å². The van der Waals surface area contributed by atoms with Gasteiger partial charge in [-0.25, -0.2) is 0 Å². The van der Waals surface area contributed by atoms with E-state index in [1.54, 1.807) is 0 Å². The Labute approximate surface area is 172 Å². The van der Waals surface area contributed by atoms with Crippen molar-refractivity contribution in [3.05, 3.63) is 53.3 Å². The second kappa shape index (κ2) is 8.41. The molecule has 0 radical (unpaired) electrons. The average Bonchev–Trinajstić information content (AvgIpc) is 3.02. The van der Waals surface area contributed by atoms with Crippen LogP contribution in [0.15, 0.2) is 36.5 Å². The van der Waals surface area contributed by atoms with Gasteiger partial charge < -0.3 is 19.7 Å². The van der Waals surface area contributed by atoms with Gasteiger partial charge in [-0.3, -0.25) is 9.59 Å². The molecular formula is C23H30N4O2. The van der Waals surface area contributed by atoms with Crippen LogP contribution in [0, 0.1) is 12.8 Å². The van der Waals surface area contributed by atoms with Gasteiger partial charge in [0.25, 0.3) is 5.91 Å². The van der Waals surface area contributed by atoms with E-state index in [0.29, 0.717) is 31.0 Å². The van der Waals surface area contributed by atoms with Crippen molar-refractivity contribution < 1.29 is 9.59 Å². The quantitative estimate of drug-likeness (QED) is 0.848. The number of hydrogen-bond acceptors (Lipinski definition) is 3. The van der Waals surface area contributed by atoms with Crippen molar-refractivity contribution in [2.45, 2.75) is 32.7 Å². The van der Waals surface area contributed by atoms with E-state index >= 15 is 0 Å². The third-order valence-electron chi connectivity index (χ3n) is 6.13. The minimum absolute atomic E-state index is 0.000312. The number of aromatic nitrogens is 1. The maximum Gasteiger partial charge on any atom is 0.272 e. The van der Waals surface area contributed by atoms with Crippen molar-refractivity contribution >= 4 is 17.5 Å². The predicted molar refractivity (Wildman–Crippen MR) is 114 cm³/mol. The Morgan fingerprint density at radius 3 is 2.52 bits per heavy atom. The number of rotatable bonds is 5. The van der Waals surface area contributed by atoms with Crippen molar-refractivity contribution in [2.24, 2.45) is 5.92 Å². The number of nitrogens with one attached hydrogen (secondary N) is 1. The lowest BCUT2D eigenvalue weighted by Gasteiger charge is -2.33. The summed E-state index contributed by atoms with van der Waals surface area (Å²) < 4.78 is 1.98. The zero-order valence-electron chi connectivity index (χ0n) is 17.4. The van der Waals surface area contributed by atoms with Crippen LogP contribution in [0.5, 0.6) is 0 Å². The number of amides is 2. The van der Waals surface area contributed by atoms with E-state index in [4.69, 9.17) is 0 Å². The summed E-state index contributed by atoms with van der Waals surface area (Å²) in [7, 11) is 2.08. The van der Waals surface area contributed by atoms with E-state index in [1.165, 1.54) is 5.56 Å². The third kappa shape index (κ3) is 4.37. The van der Waals surface area contributed by atoms with Crippen LogP contribution in [0.3, 0.4) is 0 Å². The first-order chi connectivity index (χ1) is 14.0. The summed E-state index contributed by atoms with van der Waals surface area (Å²) in [4.78, 5) is 30.1. The van der Waals surface area contributed by atoms with E-state index in [9.17, 15) is 9.59 Å². The normalized spacial score (nSPS) is 17.8. The van der Waals surface area contributed by atoms with Crippen LogP contribution in [-0.2, 0) is 11.3 Å². The van der Waals surface area contributed by atoms with Gasteiger partial charge in [0, 0.05) is 44.8 Å². The Hall–Kier alpha value is -2.60. The highest BCUT2D eigenvalue weighted by molar-refractivity contribution is 6.03. The van der Waals surface area contributed by atoms with E-state index in [2.05, 4.69) is 42.4 Å². The first-order valence-corrected chi connectivity index (χ1v) is 10.5. The number of hydrogen-bond donors (Lipinski definition) is 1. The predicted octanol–water partition coefficient (Wildman–Crippen LogP) is 2.97. The molecule has 4 rings (SSSR count). The fraction of sp³-hybridized carbons (Fsp3) is 0.478. The second-order valence-corrected chi connectivity index (χ2v) is 8.41. The molecule has 1 aromatic heterocycles. The summed E-state index contributed by atoms with van der Waals surface area (Å²) in [5, 5.41) is 3.04. The van der Waals surface area contributed by atoms with Gasteiger partial charge >= 0.3 is 0 Å². The molecule has 6 nitrogen and oxygen atoms in total. The number of piperazine rings is 1. The minimum atomic E-state index is -0.000312. The fourth-order valence-electron chi connectivity index (χ4n) is 4.02. The molecule has 6 heteroatoms. The molecule has 0 spiro atoms. The first-order valence-electron chi connectivity index (χ1n) is 10.5. The lowest BCUT2D eigenvalue weighted by Crippen LogP contribution is -2.47. The van der Waals surface area contributed by atoms with Gasteiger partial charge in [-0.1, -0.05) is 36.2 Å². The Morgan fingerprint density at radius 2 is 1.86 bits per heavy atom. The Balaban J connectivity index is 1.61. The zero-order chi connectivity index (χ0) is 20.4. The standard InChI is InChI=1S/C23H30N4O2/c1-17-5-3-6-18(15-17)16-27-10-9-20(24-22(28)19-7-4-8-19)21(27)23(29)26-13-11-25(2)12-14-26/h3,5-6,9-10,15,19H,4,7-8,11-14,16H2,1-2H3,(H,24,28). The summed E-state index contributed by atoms with van der Waals surface area (Å²) in [5.74, 6) is 0.123. The van der Waals surface area contributed by atoms with Gasteiger partial charge in [0.1, 0.15) is 5.69 Å². The minimum Gasteiger partial charge on any atom is -0.337 e. The molecular weight excluding hydrogens is 364 g/mol. The van der Waals surface area contributed by atoms with E-state index in [1.807, 2.05) is 27.8 Å². The fourth-order valence-corrected chi connectivity index (χ4v) is 4.02. The largest absolute Gasteiger partial charge is 0.337 e. The van der Waals surface area contributed by atoms with E-state index < -0.39 is 0 Å². The highest BCUT2D eigenvalue weighted by Crippen LogP contribution is 2.29. The molecule has 0 atom stereocenters. The third-order valence-corrected chi connectivity index (χ3v) is 6.13. The van der Waals surface area contributed by atoms with Gasteiger partial charge in [-0.2, -0.15) is 0 Å². The highest BCUT2D eigenvalue weighted by atomic mass is 16.2. The van der Waals surface area contributed by atoms with Gasteiger partial charge in [0.05, 0.1) is 5.69 Å². The van der Waals surface area contributed by atoms with Crippen LogP contribution in [0.25, 0.3) is 0 Å². The van der Waals surface area contributed by atoms with Crippen LogP contribution >= 0.6 is 0 Å². The highest BCUT2D eigenvalue weighted by Gasteiger charge is 2.29. The van der Waals surface area contributed by atoms with Crippen LogP contribution < -0.4 is 5.32 Å². The van der Waals surface area contributed by atoms with Crippen molar-refractivity contribution in [3.63, 3.8) is 0 Å². The summed E-state index contributed by atoms with van der Waals surface area (Å²) in [6, 6.07) is 10.2. The lowest BCUT2D eigenvalue weighted by atomic mass is 9.85. The smallest absolute Gasteiger partial charge is 0.272 e. The van der Waals surface area contributed by atoms with Crippen molar-refractivity contribution in [3.8, 4) is 0 Å². The Kier molecular flexibility index (Phi) is 5.72.